The van der Waals surface area contributed by atoms with Gasteiger partial charge in [0.1, 0.15) is 35.9 Å². The molecule has 63 heavy (non-hydrogen) atoms. The minimum absolute atomic E-state index is 0.0948. The molecular weight excluding hydrogens is 813 g/mol. The number of rotatable bonds is 13. The molecule has 1 fully saturated rings. The van der Waals surface area contributed by atoms with Gasteiger partial charge in [0, 0.05) is 16.3 Å². The Morgan fingerprint density at radius 1 is 0.841 bits per heavy atom. The van der Waals surface area contributed by atoms with Crippen molar-refractivity contribution in [3.8, 4) is 16.2 Å². The van der Waals surface area contributed by atoms with Gasteiger partial charge in [0.05, 0.1) is 24.3 Å². The van der Waals surface area contributed by atoms with Crippen LogP contribution in [-0.4, -0.2) is 70.1 Å². The van der Waals surface area contributed by atoms with Crippen molar-refractivity contribution in [2.24, 2.45) is 11.3 Å². The Bertz CT molecular complexity index is 2210. The van der Waals surface area contributed by atoms with Crippen molar-refractivity contribution in [1.82, 2.24) is 9.80 Å². The second-order valence-corrected chi connectivity index (χ2v) is 21.8. The first-order valence-corrected chi connectivity index (χ1v) is 23.1. The lowest BCUT2D eigenvalue weighted by Gasteiger charge is -2.35. The molecule has 4 aromatic rings. The van der Waals surface area contributed by atoms with E-state index in [4.69, 9.17) is 23.7 Å². The number of carbonyl (C=O) groups is 3. The van der Waals surface area contributed by atoms with Crippen LogP contribution in [0.15, 0.2) is 78.9 Å². The van der Waals surface area contributed by atoms with Crippen molar-refractivity contribution in [2.75, 3.05) is 13.1 Å². The molecule has 0 N–H and O–H groups in total. The highest BCUT2D eigenvalue weighted by atomic mass is 32.1. The van der Waals surface area contributed by atoms with Gasteiger partial charge in [0.2, 0.25) is 0 Å². The third-order valence-corrected chi connectivity index (χ3v) is 12.5. The van der Waals surface area contributed by atoms with Gasteiger partial charge >= 0.3 is 18.2 Å². The fourth-order valence-corrected chi connectivity index (χ4v) is 9.82. The van der Waals surface area contributed by atoms with E-state index < -0.39 is 41.3 Å². The minimum Gasteiger partial charge on any atom is -0.489 e. The zero-order valence-corrected chi connectivity index (χ0v) is 40.3. The van der Waals surface area contributed by atoms with Gasteiger partial charge in [-0.1, -0.05) is 94.4 Å². The van der Waals surface area contributed by atoms with E-state index in [0.29, 0.717) is 30.9 Å². The van der Waals surface area contributed by atoms with Crippen molar-refractivity contribution < 1.29 is 38.1 Å². The van der Waals surface area contributed by atoms with Gasteiger partial charge in [0.25, 0.3) is 0 Å². The van der Waals surface area contributed by atoms with E-state index in [0.717, 1.165) is 52.0 Å². The summed E-state index contributed by atoms with van der Waals surface area (Å²) in [5.41, 5.74) is 3.33. The van der Waals surface area contributed by atoms with E-state index in [1.165, 1.54) is 4.88 Å². The number of fused-ring (bicyclic) bond motifs is 1. The van der Waals surface area contributed by atoms with E-state index in [9.17, 15) is 14.4 Å². The molecule has 2 atom stereocenters. The van der Waals surface area contributed by atoms with Gasteiger partial charge in [0.15, 0.2) is 0 Å². The first-order valence-electron chi connectivity index (χ1n) is 22.3. The van der Waals surface area contributed by atoms with Crippen molar-refractivity contribution in [1.29, 1.82) is 0 Å². The van der Waals surface area contributed by atoms with Gasteiger partial charge in [-0.3, -0.25) is 4.90 Å². The zero-order valence-electron chi connectivity index (χ0n) is 39.5. The molecule has 2 amide bonds. The highest BCUT2D eigenvalue weighted by Crippen LogP contribution is 2.46. The highest BCUT2D eigenvalue weighted by Gasteiger charge is 2.52. The molecule has 1 aromatic heterocycles. The van der Waals surface area contributed by atoms with Crippen molar-refractivity contribution >= 4 is 29.5 Å². The number of hydrogen-bond donors (Lipinski definition) is 0. The number of esters is 1. The predicted molar refractivity (Wildman–Crippen MR) is 249 cm³/mol. The minimum atomic E-state index is -1.02. The molecule has 0 radical (unpaired) electrons. The Balaban J connectivity index is 1.23. The zero-order chi connectivity index (χ0) is 45.9. The molecule has 1 aliphatic heterocycles. The van der Waals surface area contributed by atoms with Crippen LogP contribution in [0.1, 0.15) is 127 Å². The van der Waals surface area contributed by atoms with Gasteiger partial charge < -0.3 is 28.6 Å². The SMILES string of the molecule is CC(C)CN(C[C@H]1OC(C)(C)N(C(=O)OC(C)(C)C)[C@H]1Cc1ccc(OCc2ccccc2-c2sc3c(c2C(=O)OC(C)(C)C)CC(C)(C)CC3)cc1)C(=O)OCc1ccccc1. The number of benzene rings is 3. The maximum Gasteiger partial charge on any atom is 0.412 e. The van der Waals surface area contributed by atoms with E-state index >= 15 is 0 Å². The molecule has 0 bridgehead atoms. The van der Waals surface area contributed by atoms with Crippen LogP contribution in [0.25, 0.3) is 10.4 Å². The molecule has 10 nitrogen and oxygen atoms in total. The fraction of sp³-hybridized carbons (Fsp3) is 0.519. The summed E-state index contributed by atoms with van der Waals surface area (Å²) in [6.45, 7) is 24.8. The largest absolute Gasteiger partial charge is 0.489 e. The lowest BCUT2D eigenvalue weighted by atomic mass is 9.76. The van der Waals surface area contributed by atoms with Crippen LogP contribution in [0, 0.1) is 11.3 Å². The van der Waals surface area contributed by atoms with Gasteiger partial charge in [-0.25, -0.2) is 14.4 Å². The number of amides is 2. The summed E-state index contributed by atoms with van der Waals surface area (Å²) in [6.07, 6.45) is 1.82. The normalized spacial score (nSPS) is 18.1. The quantitative estimate of drug-likeness (QED) is 0.0966. The number of carbonyl (C=O) groups excluding carboxylic acids is 3. The van der Waals surface area contributed by atoms with Crippen LogP contribution < -0.4 is 4.74 Å². The first kappa shape index (κ1) is 47.6. The summed E-state index contributed by atoms with van der Waals surface area (Å²) in [7, 11) is 0. The molecule has 2 aliphatic rings. The number of aryl methyl sites for hydroxylation is 1. The molecule has 340 valence electrons. The molecule has 0 saturated carbocycles. The number of hydrogen-bond acceptors (Lipinski definition) is 9. The first-order chi connectivity index (χ1) is 29.5. The van der Waals surface area contributed by atoms with Crippen LogP contribution in [0.3, 0.4) is 0 Å². The maximum absolute atomic E-state index is 14.0. The highest BCUT2D eigenvalue weighted by molar-refractivity contribution is 7.16. The molecule has 6 rings (SSSR count). The molecule has 0 unspecified atom stereocenters. The summed E-state index contributed by atoms with van der Waals surface area (Å²) >= 11 is 1.70. The lowest BCUT2D eigenvalue weighted by molar-refractivity contribution is -0.0828. The average Bonchev–Trinajstić information content (AvgIpc) is 3.67. The lowest BCUT2D eigenvalue weighted by Crippen LogP contribution is -2.52. The van der Waals surface area contributed by atoms with E-state index in [-0.39, 0.29) is 30.5 Å². The van der Waals surface area contributed by atoms with Gasteiger partial charge in [-0.15, -0.1) is 11.3 Å². The molecular formula is C52H68N2O8S. The Morgan fingerprint density at radius 2 is 1.49 bits per heavy atom. The van der Waals surface area contributed by atoms with E-state index in [1.807, 2.05) is 122 Å². The second kappa shape index (κ2) is 19.1. The fourth-order valence-electron chi connectivity index (χ4n) is 8.46. The Labute approximate surface area is 379 Å². The van der Waals surface area contributed by atoms with Crippen molar-refractivity contribution in [3.63, 3.8) is 0 Å². The summed E-state index contributed by atoms with van der Waals surface area (Å²) < 4.78 is 30.9. The van der Waals surface area contributed by atoms with Crippen molar-refractivity contribution in [3.05, 3.63) is 112 Å². The number of thiophene rings is 1. The van der Waals surface area contributed by atoms with Crippen LogP contribution in [0.2, 0.25) is 0 Å². The summed E-state index contributed by atoms with van der Waals surface area (Å²) in [6, 6.07) is 25.2. The van der Waals surface area contributed by atoms with Crippen molar-refractivity contribution in [2.45, 2.75) is 151 Å². The number of nitrogens with zero attached hydrogens (tertiary/aromatic N) is 2. The molecule has 3 aromatic carbocycles. The van der Waals surface area contributed by atoms with E-state index in [2.05, 4.69) is 39.8 Å². The van der Waals surface area contributed by atoms with E-state index in [1.54, 1.807) is 21.1 Å². The topological polar surface area (TPSA) is 104 Å². The maximum atomic E-state index is 14.0. The molecule has 11 heteroatoms. The molecule has 0 spiro atoms. The van der Waals surface area contributed by atoms with Crippen LogP contribution >= 0.6 is 11.3 Å². The third kappa shape index (κ3) is 12.4. The Morgan fingerprint density at radius 3 is 2.14 bits per heavy atom. The number of ether oxygens (including phenoxy) is 5. The smallest absolute Gasteiger partial charge is 0.412 e. The average molecular weight is 881 g/mol. The second-order valence-electron chi connectivity index (χ2n) is 20.7. The third-order valence-electron chi connectivity index (χ3n) is 11.2. The van der Waals surface area contributed by atoms with Crippen LogP contribution in [0.5, 0.6) is 5.75 Å². The molecule has 2 heterocycles. The summed E-state index contributed by atoms with van der Waals surface area (Å²) in [5, 5.41) is 0. The van der Waals surface area contributed by atoms with Gasteiger partial charge in [-0.05, 0) is 132 Å². The predicted octanol–water partition coefficient (Wildman–Crippen LogP) is 12.0. The molecule has 1 aliphatic carbocycles. The summed E-state index contributed by atoms with van der Waals surface area (Å²) in [4.78, 5) is 47.1. The summed E-state index contributed by atoms with van der Waals surface area (Å²) in [5.74, 6) is 0.567. The van der Waals surface area contributed by atoms with Crippen LogP contribution in [-0.2, 0) is 51.4 Å². The monoisotopic (exact) mass is 880 g/mol. The molecule has 1 saturated heterocycles. The standard InChI is InChI=1S/C52H68N2O8S/c1-34(2)30-53(47(56)59-32-36-18-14-13-15-19-36)31-42-41(54(52(11,12)60-42)48(57)62-50(6,7)8)28-35-22-24-38(25-23-35)58-33-37-20-16-17-21-39(37)45-44(46(55)61-49(3,4)5)40-29-51(9,10)27-26-43(40)63-45/h13-25,34,41-42H,26-33H2,1-12H3/t41-,42+/m0/s1. The Kier molecular flexibility index (Phi) is 14.4. The Hall–Kier alpha value is -4.87. The van der Waals surface area contributed by atoms with Crippen LogP contribution in [0.4, 0.5) is 9.59 Å². The van der Waals surface area contributed by atoms with Gasteiger partial charge in [-0.2, -0.15) is 0 Å².